The third-order valence-corrected chi connectivity index (χ3v) is 8.87. The molecule has 1 heterocycles. The Kier molecular flexibility index (Phi) is 8.64. The van der Waals surface area contributed by atoms with Crippen LogP contribution in [0.25, 0.3) is 0 Å². The lowest BCUT2D eigenvalue weighted by Gasteiger charge is -2.36. The average Bonchev–Trinajstić information content (AvgIpc) is 2.89. The Bertz CT molecular complexity index is 1360. The van der Waals surface area contributed by atoms with Gasteiger partial charge in [0.1, 0.15) is 17.2 Å². The zero-order chi connectivity index (χ0) is 26.6. The third kappa shape index (κ3) is 6.38. The number of nitrogens with zero attached hydrogens (tertiary/aromatic N) is 3. The van der Waals surface area contributed by atoms with Gasteiger partial charge in [-0.15, -0.1) is 0 Å². The normalized spacial score (nSPS) is 14.4. The second-order valence-corrected chi connectivity index (χ2v) is 11.6. The van der Waals surface area contributed by atoms with Gasteiger partial charge in [-0.25, -0.2) is 8.42 Å². The van der Waals surface area contributed by atoms with Gasteiger partial charge in [0.05, 0.1) is 22.8 Å². The molecule has 1 saturated heterocycles. The maximum atomic E-state index is 13.9. The van der Waals surface area contributed by atoms with E-state index in [1.54, 1.807) is 30.0 Å². The van der Waals surface area contributed by atoms with Gasteiger partial charge in [-0.05, 0) is 48.4 Å². The van der Waals surface area contributed by atoms with Gasteiger partial charge in [-0.3, -0.25) is 14.0 Å². The molecule has 0 aliphatic carbocycles. The predicted octanol–water partition coefficient (Wildman–Crippen LogP) is 4.85. The largest absolute Gasteiger partial charge is 0.495 e. The highest BCUT2D eigenvalue weighted by Gasteiger charge is 2.32. The van der Waals surface area contributed by atoms with Crippen LogP contribution in [0.5, 0.6) is 5.75 Å². The summed E-state index contributed by atoms with van der Waals surface area (Å²) in [6.45, 7) is 4.64. The number of halogens is 2. The quantitative estimate of drug-likeness (QED) is 0.393. The van der Waals surface area contributed by atoms with Crippen molar-refractivity contribution in [2.45, 2.75) is 18.4 Å². The molecule has 7 nitrogen and oxygen atoms in total. The first-order valence-corrected chi connectivity index (χ1v) is 14.0. The number of aryl methyl sites for hydroxylation is 1. The summed E-state index contributed by atoms with van der Waals surface area (Å²) in [4.78, 5) is 17.4. The molecule has 10 heteroatoms. The molecule has 4 rings (SSSR count). The summed E-state index contributed by atoms with van der Waals surface area (Å²) in [5, 5.41) is 0.481. The fourth-order valence-corrected chi connectivity index (χ4v) is 6.22. The summed E-state index contributed by atoms with van der Waals surface area (Å²) in [7, 11) is -2.78. The standard InChI is InChI=1S/C27H29Cl2N3O4S/c1-20-8-11-25(36-2)26(16-20)37(34,35)32(22-9-10-23(28)24(29)17-22)19-27(33)31-14-12-30(13-15-31)18-21-6-4-3-5-7-21/h3-11,16-17H,12-15,18-19H2,1-2H3. The number of rotatable bonds is 8. The molecule has 0 spiro atoms. The van der Waals surface area contributed by atoms with Crippen LogP contribution in [0.15, 0.2) is 71.6 Å². The minimum atomic E-state index is -4.19. The van der Waals surface area contributed by atoms with E-state index in [1.165, 1.54) is 30.9 Å². The molecule has 0 unspecified atom stereocenters. The number of ether oxygens (including phenoxy) is 1. The zero-order valence-corrected chi connectivity index (χ0v) is 23.1. The van der Waals surface area contributed by atoms with E-state index >= 15 is 0 Å². The minimum Gasteiger partial charge on any atom is -0.495 e. The highest BCUT2D eigenvalue weighted by Crippen LogP contribution is 2.34. The van der Waals surface area contributed by atoms with Gasteiger partial charge in [-0.1, -0.05) is 59.6 Å². The summed E-state index contributed by atoms with van der Waals surface area (Å²) in [5.74, 6) is -0.0988. The lowest BCUT2D eigenvalue weighted by molar-refractivity contribution is -0.131. The van der Waals surface area contributed by atoms with E-state index in [9.17, 15) is 13.2 Å². The molecule has 0 bridgehead atoms. The van der Waals surface area contributed by atoms with Crippen molar-refractivity contribution in [1.29, 1.82) is 0 Å². The van der Waals surface area contributed by atoms with Crippen molar-refractivity contribution in [3.63, 3.8) is 0 Å². The van der Waals surface area contributed by atoms with Crippen molar-refractivity contribution >= 4 is 44.8 Å². The van der Waals surface area contributed by atoms with E-state index < -0.39 is 10.0 Å². The average molecular weight is 563 g/mol. The van der Waals surface area contributed by atoms with Crippen LogP contribution < -0.4 is 9.04 Å². The van der Waals surface area contributed by atoms with Crippen LogP contribution in [-0.2, 0) is 21.4 Å². The maximum Gasteiger partial charge on any atom is 0.268 e. The smallest absolute Gasteiger partial charge is 0.268 e. The molecule has 196 valence electrons. The van der Waals surface area contributed by atoms with Crippen molar-refractivity contribution in [3.05, 3.63) is 87.9 Å². The third-order valence-electron chi connectivity index (χ3n) is 6.33. The molecule has 1 amide bonds. The number of hydrogen-bond acceptors (Lipinski definition) is 5. The van der Waals surface area contributed by atoms with Gasteiger partial charge in [0.25, 0.3) is 10.0 Å². The van der Waals surface area contributed by atoms with Crippen molar-refractivity contribution in [1.82, 2.24) is 9.80 Å². The molecule has 37 heavy (non-hydrogen) atoms. The lowest BCUT2D eigenvalue weighted by Crippen LogP contribution is -2.51. The molecular weight excluding hydrogens is 533 g/mol. The van der Waals surface area contributed by atoms with Crippen LogP contribution in [0.4, 0.5) is 5.69 Å². The summed E-state index contributed by atoms with van der Waals surface area (Å²) in [5.41, 5.74) is 2.20. The number of hydrogen-bond donors (Lipinski definition) is 0. The summed E-state index contributed by atoms with van der Waals surface area (Å²) < 4.78 is 34.3. The zero-order valence-electron chi connectivity index (χ0n) is 20.7. The van der Waals surface area contributed by atoms with E-state index in [0.717, 1.165) is 16.4 Å². The summed E-state index contributed by atoms with van der Waals surface area (Å²) in [6.07, 6.45) is 0. The van der Waals surface area contributed by atoms with Crippen molar-refractivity contribution in [2.75, 3.05) is 44.1 Å². The van der Waals surface area contributed by atoms with E-state index in [0.29, 0.717) is 26.2 Å². The van der Waals surface area contributed by atoms with Crippen LogP contribution in [0.1, 0.15) is 11.1 Å². The summed E-state index contributed by atoms with van der Waals surface area (Å²) >= 11 is 12.3. The van der Waals surface area contributed by atoms with Crippen LogP contribution in [0.2, 0.25) is 10.0 Å². The topological polar surface area (TPSA) is 70.2 Å². The highest BCUT2D eigenvalue weighted by atomic mass is 35.5. The van der Waals surface area contributed by atoms with Crippen molar-refractivity contribution in [2.24, 2.45) is 0 Å². The fourth-order valence-electron chi connectivity index (χ4n) is 4.28. The fraction of sp³-hybridized carbons (Fsp3) is 0.296. The molecule has 0 radical (unpaired) electrons. The van der Waals surface area contributed by atoms with E-state index in [4.69, 9.17) is 27.9 Å². The Morgan fingerprint density at radius 2 is 1.65 bits per heavy atom. The first-order chi connectivity index (χ1) is 17.7. The van der Waals surface area contributed by atoms with Gasteiger partial charge in [0.15, 0.2) is 0 Å². The Morgan fingerprint density at radius 1 is 0.946 bits per heavy atom. The molecule has 3 aromatic carbocycles. The molecule has 0 atom stereocenters. The van der Waals surface area contributed by atoms with Crippen molar-refractivity contribution < 1.29 is 17.9 Å². The number of amides is 1. The van der Waals surface area contributed by atoms with E-state index in [2.05, 4.69) is 17.0 Å². The van der Waals surface area contributed by atoms with Crippen LogP contribution in [0, 0.1) is 6.92 Å². The number of carbonyl (C=O) groups excluding carboxylic acids is 1. The number of methoxy groups -OCH3 is 1. The number of carbonyl (C=O) groups is 1. The van der Waals surface area contributed by atoms with Gasteiger partial charge in [-0.2, -0.15) is 0 Å². The Labute approximate surface area is 228 Å². The van der Waals surface area contributed by atoms with Crippen molar-refractivity contribution in [3.8, 4) is 5.75 Å². The molecule has 0 aromatic heterocycles. The monoisotopic (exact) mass is 561 g/mol. The van der Waals surface area contributed by atoms with Crippen LogP contribution >= 0.6 is 23.2 Å². The van der Waals surface area contributed by atoms with Crippen LogP contribution in [-0.4, -0.2) is 64.0 Å². The molecular formula is C27H29Cl2N3O4S. The first kappa shape index (κ1) is 27.3. The lowest BCUT2D eigenvalue weighted by atomic mass is 10.2. The number of sulfonamides is 1. The van der Waals surface area contributed by atoms with Gasteiger partial charge >= 0.3 is 0 Å². The number of anilines is 1. The molecule has 1 aliphatic heterocycles. The summed E-state index contributed by atoms with van der Waals surface area (Å²) in [6, 6.07) is 19.6. The number of benzene rings is 3. The van der Waals surface area contributed by atoms with Crippen LogP contribution in [0.3, 0.4) is 0 Å². The minimum absolute atomic E-state index is 0.0263. The first-order valence-electron chi connectivity index (χ1n) is 11.9. The Morgan fingerprint density at radius 3 is 2.30 bits per heavy atom. The molecule has 0 N–H and O–H groups in total. The predicted molar refractivity (Wildman–Crippen MR) is 147 cm³/mol. The van der Waals surface area contributed by atoms with Gasteiger partial charge in [0, 0.05) is 32.7 Å². The van der Waals surface area contributed by atoms with Gasteiger partial charge < -0.3 is 9.64 Å². The maximum absolute atomic E-state index is 13.9. The van der Waals surface area contributed by atoms with E-state index in [-0.39, 0.29) is 38.8 Å². The SMILES string of the molecule is COc1ccc(C)cc1S(=O)(=O)N(CC(=O)N1CCN(Cc2ccccc2)CC1)c1ccc(Cl)c(Cl)c1. The molecule has 0 saturated carbocycles. The van der Waals surface area contributed by atoms with Gasteiger partial charge in [0.2, 0.25) is 5.91 Å². The molecule has 1 fully saturated rings. The van der Waals surface area contributed by atoms with E-state index in [1.807, 2.05) is 18.2 Å². The Hall–Kier alpha value is -2.78. The second-order valence-electron chi connectivity index (χ2n) is 8.91. The number of piperazine rings is 1. The highest BCUT2D eigenvalue weighted by molar-refractivity contribution is 7.93. The molecule has 1 aliphatic rings. The second kappa shape index (κ2) is 11.7. The molecule has 3 aromatic rings. The Balaban J connectivity index is 1.57.